The molecule has 0 saturated carbocycles. The highest BCUT2D eigenvalue weighted by Gasteiger charge is 2.36. The van der Waals surface area contributed by atoms with E-state index in [4.69, 9.17) is 19.2 Å². The first-order valence-electron chi connectivity index (χ1n) is 12.7. The van der Waals surface area contributed by atoms with Crippen LogP contribution in [0.25, 0.3) is 11.1 Å². The third-order valence-corrected chi connectivity index (χ3v) is 7.77. The largest absolute Gasteiger partial charge is 0.497 e. The molecular formula is C30H29N3O5S. The van der Waals surface area contributed by atoms with E-state index >= 15 is 0 Å². The molecule has 1 aliphatic carbocycles. The molecule has 5 rings (SSSR count). The van der Waals surface area contributed by atoms with Crippen LogP contribution in [0.3, 0.4) is 0 Å². The Bertz CT molecular complexity index is 1480. The normalized spacial score (nSPS) is 14.9. The predicted octanol–water partition coefficient (Wildman–Crippen LogP) is 5.31. The number of ether oxygens (including phenoxy) is 3. The average molecular weight is 544 g/mol. The third-order valence-electron chi connectivity index (χ3n) is 6.79. The second-order valence-electron chi connectivity index (χ2n) is 10.3. The molecule has 3 aromatic rings. The number of amides is 1. The molecule has 0 unspecified atom stereocenters. The molecule has 1 aromatic heterocycles. The standard InChI is InChI=1S/C30H29N3O5S/c1-30(2)13-22-28(23(34)14-30)27(19-5-7-20(36-3)8-6-19)21(15-31)29(33-22)39-11-10-26(35)32-16-18-4-9-24-25(12-18)38-17-37-24/h4-9,12H,10-11,13-14,16-17H2,1-3H3,(H,32,35). The first-order chi connectivity index (χ1) is 18.8. The van der Waals surface area contributed by atoms with E-state index in [0.717, 1.165) is 11.1 Å². The number of ketones is 1. The highest BCUT2D eigenvalue weighted by Crippen LogP contribution is 2.42. The maximum atomic E-state index is 13.3. The summed E-state index contributed by atoms with van der Waals surface area (Å²) >= 11 is 1.36. The Morgan fingerprint density at radius 1 is 1.13 bits per heavy atom. The Balaban J connectivity index is 1.35. The number of nitriles is 1. The minimum atomic E-state index is -0.223. The van der Waals surface area contributed by atoms with E-state index < -0.39 is 0 Å². The summed E-state index contributed by atoms with van der Waals surface area (Å²) in [6, 6.07) is 15.2. The van der Waals surface area contributed by atoms with Crippen LogP contribution in [0.4, 0.5) is 0 Å². The van der Waals surface area contributed by atoms with Gasteiger partial charge in [-0.05, 0) is 47.2 Å². The van der Waals surface area contributed by atoms with E-state index in [9.17, 15) is 14.9 Å². The van der Waals surface area contributed by atoms with Crippen molar-refractivity contribution in [2.45, 2.75) is 44.7 Å². The topological polar surface area (TPSA) is 111 Å². The number of nitrogens with zero attached hydrogens (tertiary/aromatic N) is 2. The van der Waals surface area contributed by atoms with Gasteiger partial charge in [0.05, 0.1) is 18.4 Å². The van der Waals surface area contributed by atoms with Crippen LogP contribution in [-0.2, 0) is 17.8 Å². The zero-order valence-electron chi connectivity index (χ0n) is 22.1. The molecule has 200 valence electrons. The lowest BCUT2D eigenvalue weighted by Crippen LogP contribution is -2.29. The van der Waals surface area contributed by atoms with Gasteiger partial charge in [-0.15, -0.1) is 11.8 Å². The second-order valence-corrected chi connectivity index (χ2v) is 11.4. The Kier molecular flexibility index (Phi) is 7.49. The Labute approximate surface area is 231 Å². The summed E-state index contributed by atoms with van der Waals surface area (Å²) in [5, 5.41) is 13.7. The van der Waals surface area contributed by atoms with Gasteiger partial charge in [0, 0.05) is 36.3 Å². The molecule has 2 aromatic carbocycles. The Morgan fingerprint density at radius 3 is 2.64 bits per heavy atom. The molecule has 0 bridgehead atoms. The molecule has 0 spiro atoms. The monoisotopic (exact) mass is 543 g/mol. The average Bonchev–Trinajstić information content (AvgIpc) is 3.38. The minimum Gasteiger partial charge on any atom is -0.497 e. The number of aromatic nitrogens is 1. The van der Waals surface area contributed by atoms with Gasteiger partial charge in [0.1, 0.15) is 16.8 Å². The van der Waals surface area contributed by atoms with Crippen molar-refractivity contribution in [3.8, 4) is 34.4 Å². The van der Waals surface area contributed by atoms with Gasteiger partial charge in [0.25, 0.3) is 0 Å². The lowest BCUT2D eigenvalue weighted by atomic mass is 9.73. The second kappa shape index (κ2) is 11.0. The molecule has 39 heavy (non-hydrogen) atoms. The maximum absolute atomic E-state index is 13.3. The molecule has 8 nitrogen and oxygen atoms in total. The van der Waals surface area contributed by atoms with Gasteiger partial charge in [-0.2, -0.15) is 5.26 Å². The molecule has 1 amide bonds. The van der Waals surface area contributed by atoms with Crippen molar-refractivity contribution in [1.29, 1.82) is 5.26 Å². The molecule has 0 radical (unpaired) electrons. The van der Waals surface area contributed by atoms with Gasteiger partial charge in [0.15, 0.2) is 17.3 Å². The van der Waals surface area contributed by atoms with Crippen molar-refractivity contribution in [2.24, 2.45) is 5.41 Å². The summed E-state index contributed by atoms with van der Waals surface area (Å²) in [5.41, 5.74) is 3.66. The van der Waals surface area contributed by atoms with Crippen LogP contribution in [0.5, 0.6) is 17.2 Å². The molecule has 2 aliphatic rings. The van der Waals surface area contributed by atoms with Crippen molar-refractivity contribution in [1.82, 2.24) is 10.3 Å². The van der Waals surface area contributed by atoms with Crippen LogP contribution in [0, 0.1) is 16.7 Å². The first kappa shape index (κ1) is 26.6. The fraction of sp³-hybridized carbons (Fsp3) is 0.333. The fourth-order valence-electron chi connectivity index (χ4n) is 4.91. The summed E-state index contributed by atoms with van der Waals surface area (Å²) in [6.45, 7) is 4.69. The number of hydrogen-bond donors (Lipinski definition) is 1. The van der Waals surface area contributed by atoms with E-state index in [2.05, 4.69) is 25.2 Å². The number of rotatable bonds is 8. The quantitative estimate of drug-likeness (QED) is 0.381. The minimum absolute atomic E-state index is 0.00415. The lowest BCUT2D eigenvalue weighted by molar-refractivity contribution is -0.120. The van der Waals surface area contributed by atoms with Crippen molar-refractivity contribution in [3.63, 3.8) is 0 Å². The van der Waals surface area contributed by atoms with Gasteiger partial charge in [-0.1, -0.05) is 32.0 Å². The van der Waals surface area contributed by atoms with E-state index in [0.29, 0.717) is 69.8 Å². The van der Waals surface area contributed by atoms with Gasteiger partial charge >= 0.3 is 0 Å². The molecule has 1 aliphatic heterocycles. The van der Waals surface area contributed by atoms with Crippen molar-refractivity contribution >= 4 is 23.5 Å². The zero-order chi connectivity index (χ0) is 27.6. The van der Waals surface area contributed by atoms with E-state index in [1.807, 2.05) is 42.5 Å². The number of methoxy groups -OCH3 is 1. The number of hydrogen-bond acceptors (Lipinski definition) is 8. The molecule has 2 heterocycles. The van der Waals surface area contributed by atoms with Crippen LogP contribution < -0.4 is 19.5 Å². The number of fused-ring (bicyclic) bond motifs is 2. The molecule has 0 saturated heterocycles. The summed E-state index contributed by atoms with van der Waals surface area (Å²) in [4.78, 5) is 30.7. The highest BCUT2D eigenvalue weighted by atomic mass is 32.2. The van der Waals surface area contributed by atoms with Crippen molar-refractivity contribution in [2.75, 3.05) is 19.7 Å². The highest BCUT2D eigenvalue weighted by molar-refractivity contribution is 7.99. The third kappa shape index (κ3) is 5.71. The van der Waals surface area contributed by atoms with Gasteiger partial charge in [-0.3, -0.25) is 9.59 Å². The van der Waals surface area contributed by atoms with E-state index in [1.165, 1.54) is 11.8 Å². The summed E-state index contributed by atoms with van der Waals surface area (Å²) in [6.07, 6.45) is 1.28. The smallest absolute Gasteiger partial charge is 0.231 e. The zero-order valence-corrected chi connectivity index (χ0v) is 22.9. The number of nitrogens with one attached hydrogen (secondary N) is 1. The van der Waals surface area contributed by atoms with Crippen LogP contribution in [0.15, 0.2) is 47.5 Å². The molecule has 0 fully saturated rings. The van der Waals surface area contributed by atoms with Gasteiger partial charge < -0.3 is 19.5 Å². The summed E-state index contributed by atoms with van der Waals surface area (Å²) in [7, 11) is 1.59. The van der Waals surface area contributed by atoms with E-state index in [1.54, 1.807) is 7.11 Å². The van der Waals surface area contributed by atoms with Crippen molar-refractivity contribution < 1.29 is 23.8 Å². The predicted molar refractivity (Wildman–Crippen MR) is 147 cm³/mol. The van der Waals surface area contributed by atoms with Gasteiger partial charge in [0.2, 0.25) is 12.7 Å². The van der Waals surface area contributed by atoms with Crippen LogP contribution in [-0.4, -0.2) is 36.3 Å². The number of pyridine rings is 1. The van der Waals surface area contributed by atoms with E-state index in [-0.39, 0.29) is 30.3 Å². The first-order valence-corrected chi connectivity index (χ1v) is 13.7. The molecular weight excluding hydrogens is 514 g/mol. The Morgan fingerprint density at radius 2 is 1.90 bits per heavy atom. The van der Waals surface area contributed by atoms with Crippen LogP contribution in [0.2, 0.25) is 0 Å². The fourth-order valence-corrected chi connectivity index (χ4v) is 5.86. The number of Topliss-reactive ketones (excluding diaryl/α,β-unsaturated/α-hetero) is 1. The maximum Gasteiger partial charge on any atom is 0.231 e. The summed E-state index contributed by atoms with van der Waals surface area (Å²) < 4.78 is 16.0. The molecule has 0 atom stereocenters. The Hall–Kier alpha value is -4.03. The number of benzene rings is 2. The number of thioether (sulfide) groups is 1. The molecule has 1 N–H and O–H groups in total. The van der Waals surface area contributed by atoms with Crippen LogP contribution in [0.1, 0.15) is 53.9 Å². The summed E-state index contributed by atoms with van der Waals surface area (Å²) in [5.74, 6) is 2.39. The van der Waals surface area contributed by atoms with Crippen LogP contribution >= 0.6 is 11.8 Å². The SMILES string of the molecule is COc1ccc(-c2c(C#N)c(SCCC(=O)NCc3ccc4c(c3)OCO4)nc3c2C(=O)CC(C)(C)C3)cc1. The lowest BCUT2D eigenvalue weighted by Gasteiger charge is -2.31. The number of carbonyl (C=O) groups is 2. The molecule has 9 heteroatoms. The number of carbonyl (C=O) groups excluding carboxylic acids is 2. The van der Waals surface area contributed by atoms with Crippen molar-refractivity contribution in [3.05, 3.63) is 64.8 Å². The van der Waals surface area contributed by atoms with Gasteiger partial charge in [-0.25, -0.2) is 4.98 Å².